The molecule has 0 radical (unpaired) electrons. The van der Waals surface area contributed by atoms with Crippen molar-refractivity contribution >= 4 is 26.8 Å². The van der Waals surface area contributed by atoms with Gasteiger partial charge in [-0.3, -0.25) is 0 Å². The molecule has 4 aromatic rings. The minimum Gasteiger partial charge on any atom is -0.354 e. The number of H-pyrrole nitrogens is 1. The molecule has 3 aromatic carbocycles. The summed E-state index contributed by atoms with van der Waals surface area (Å²) in [6.07, 6.45) is 3.17. The van der Waals surface area contributed by atoms with Gasteiger partial charge in [-0.1, -0.05) is 64.5 Å². The lowest BCUT2D eigenvalue weighted by molar-refractivity contribution is 0.748. The fourth-order valence-corrected chi connectivity index (χ4v) is 3.89. The predicted octanol–water partition coefficient (Wildman–Crippen LogP) is 6.55. The SMILES string of the molecule is NCCCCc1c(-c2ccc(Br)cc2)[nH]c2ccc(-c3ccccc3)cc12. The van der Waals surface area contributed by atoms with Gasteiger partial charge in [-0.15, -0.1) is 0 Å². The molecular formula is C24H23BrN2. The molecule has 1 aromatic heterocycles. The summed E-state index contributed by atoms with van der Waals surface area (Å²) in [4.78, 5) is 3.66. The highest BCUT2D eigenvalue weighted by molar-refractivity contribution is 9.10. The van der Waals surface area contributed by atoms with E-state index in [9.17, 15) is 0 Å². The van der Waals surface area contributed by atoms with E-state index in [2.05, 4.69) is 93.7 Å². The Morgan fingerprint density at radius 2 is 1.52 bits per heavy atom. The lowest BCUT2D eigenvalue weighted by atomic mass is 9.97. The van der Waals surface area contributed by atoms with Gasteiger partial charge in [0.1, 0.15) is 0 Å². The van der Waals surface area contributed by atoms with Gasteiger partial charge in [0.2, 0.25) is 0 Å². The number of aromatic amines is 1. The van der Waals surface area contributed by atoms with Crippen molar-refractivity contribution in [3.63, 3.8) is 0 Å². The summed E-state index contributed by atoms with van der Waals surface area (Å²) in [6.45, 7) is 0.741. The third kappa shape index (κ3) is 3.85. The van der Waals surface area contributed by atoms with Crippen molar-refractivity contribution in [2.45, 2.75) is 19.3 Å². The molecule has 0 unspecified atom stereocenters. The molecule has 0 aliphatic carbocycles. The molecule has 136 valence electrons. The molecule has 0 bridgehead atoms. The number of nitrogens with two attached hydrogens (primary N) is 1. The van der Waals surface area contributed by atoms with E-state index in [0.29, 0.717) is 0 Å². The van der Waals surface area contributed by atoms with Crippen LogP contribution in [-0.2, 0) is 6.42 Å². The second-order valence-electron chi connectivity index (χ2n) is 6.86. The predicted molar refractivity (Wildman–Crippen MR) is 119 cm³/mol. The Labute approximate surface area is 168 Å². The van der Waals surface area contributed by atoms with Gasteiger partial charge in [-0.2, -0.15) is 0 Å². The highest BCUT2D eigenvalue weighted by Crippen LogP contribution is 2.34. The number of halogens is 1. The van der Waals surface area contributed by atoms with Crippen LogP contribution in [0.3, 0.4) is 0 Å². The average Bonchev–Trinajstić information content (AvgIpc) is 3.07. The van der Waals surface area contributed by atoms with Crippen LogP contribution in [0.2, 0.25) is 0 Å². The molecule has 27 heavy (non-hydrogen) atoms. The van der Waals surface area contributed by atoms with E-state index >= 15 is 0 Å². The summed E-state index contributed by atoms with van der Waals surface area (Å²) in [5.74, 6) is 0. The minimum atomic E-state index is 0.741. The van der Waals surface area contributed by atoms with E-state index in [-0.39, 0.29) is 0 Å². The van der Waals surface area contributed by atoms with Crippen molar-refractivity contribution in [3.05, 3.63) is 82.8 Å². The van der Waals surface area contributed by atoms with Crippen LogP contribution in [0.4, 0.5) is 0 Å². The van der Waals surface area contributed by atoms with Crippen LogP contribution in [0.1, 0.15) is 18.4 Å². The Morgan fingerprint density at radius 3 is 2.26 bits per heavy atom. The Morgan fingerprint density at radius 1 is 0.778 bits per heavy atom. The first-order valence-corrected chi connectivity index (χ1v) is 10.2. The van der Waals surface area contributed by atoms with Gasteiger partial charge < -0.3 is 10.7 Å². The lowest BCUT2D eigenvalue weighted by Crippen LogP contribution is -1.99. The molecule has 1 heterocycles. The number of aryl methyl sites for hydroxylation is 1. The van der Waals surface area contributed by atoms with Crippen LogP contribution in [0, 0.1) is 0 Å². The quantitative estimate of drug-likeness (QED) is 0.342. The van der Waals surface area contributed by atoms with Gasteiger partial charge in [-0.05, 0) is 72.3 Å². The number of aromatic nitrogens is 1. The highest BCUT2D eigenvalue weighted by atomic mass is 79.9. The molecular weight excluding hydrogens is 396 g/mol. The summed E-state index contributed by atoms with van der Waals surface area (Å²) in [5.41, 5.74) is 13.3. The fourth-order valence-electron chi connectivity index (χ4n) is 3.63. The van der Waals surface area contributed by atoms with E-state index < -0.39 is 0 Å². The Balaban J connectivity index is 1.84. The normalized spacial score (nSPS) is 11.2. The number of rotatable bonds is 6. The number of benzene rings is 3. The van der Waals surface area contributed by atoms with Crippen LogP contribution in [0.5, 0.6) is 0 Å². The molecule has 3 heteroatoms. The van der Waals surface area contributed by atoms with Crippen molar-refractivity contribution in [1.29, 1.82) is 0 Å². The molecule has 4 rings (SSSR count). The molecule has 0 saturated heterocycles. The minimum absolute atomic E-state index is 0.741. The topological polar surface area (TPSA) is 41.8 Å². The number of hydrogen-bond acceptors (Lipinski definition) is 1. The molecule has 0 aliphatic heterocycles. The van der Waals surface area contributed by atoms with Crippen molar-refractivity contribution in [2.75, 3.05) is 6.54 Å². The zero-order valence-electron chi connectivity index (χ0n) is 15.2. The summed E-state index contributed by atoms with van der Waals surface area (Å²) < 4.78 is 1.10. The van der Waals surface area contributed by atoms with Crippen molar-refractivity contribution < 1.29 is 0 Å². The van der Waals surface area contributed by atoms with Gasteiger partial charge in [-0.25, -0.2) is 0 Å². The van der Waals surface area contributed by atoms with Crippen LogP contribution in [0.25, 0.3) is 33.3 Å². The van der Waals surface area contributed by atoms with Crippen molar-refractivity contribution in [3.8, 4) is 22.4 Å². The molecule has 0 spiro atoms. The van der Waals surface area contributed by atoms with E-state index in [0.717, 1.165) is 30.3 Å². The summed E-state index contributed by atoms with van der Waals surface area (Å²) >= 11 is 3.53. The standard InChI is InChI=1S/C24H23BrN2/c25-20-12-9-18(10-13-20)24-21(8-4-5-15-26)22-16-19(11-14-23(22)27-24)17-6-2-1-3-7-17/h1-3,6-7,9-14,16,27H,4-5,8,15,26H2. The third-order valence-corrected chi connectivity index (χ3v) is 5.56. The number of fused-ring (bicyclic) bond motifs is 1. The Hall–Kier alpha value is -2.36. The lowest BCUT2D eigenvalue weighted by Gasteiger charge is -2.06. The molecule has 0 fully saturated rings. The van der Waals surface area contributed by atoms with E-state index in [1.54, 1.807) is 0 Å². The first-order chi connectivity index (χ1) is 13.3. The second-order valence-corrected chi connectivity index (χ2v) is 7.77. The first-order valence-electron chi connectivity index (χ1n) is 9.42. The van der Waals surface area contributed by atoms with Gasteiger partial charge >= 0.3 is 0 Å². The van der Waals surface area contributed by atoms with Crippen LogP contribution in [0.15, 0.2) is 77.3 Å². The maximum absolute atomic E-state index is 5.73. The van der Waals surface area contributed by atoms with E-state index in [1.165, 1.54) is 38.9 Å². The third-order valence-electron chi connectivity index (χ3n) is 5.03. The van der Waals surface area contributed by atoms with Crippen molar-refractivity contribution in [1.82, 2.24) is 4.98 Å². The zero-order chi connectivity index (χ0) is 18.6. The van der Waals surface area contributed by atoms with Gasteiger partial charge in [0, 0.05) is 21.1 Å². The van der Waals surface area contributed by atoms with Gasteiger partial charge in [0.15, 0.2) is 0 Å². The van der Waals surface area contributed by atoms with Crippen LogP contribution in [-0.4, -0.2) is 11.5 Å². The first kappa shape index (κ1) is 18.0. The number of hydrogen-bond donors (Lipinski definition) is 2. The summed E-state index contributed by atoms with van der Waals surface area (Å²) in [6, 6.07) is 25.8. The summed E-state index contributed by atoms with van der Waals surface area (Å²) in [7, 11) is 0. The molecule has 2 nitrogen and oxygen atoms in total. The molecule has 0 amide bonds. The zero-order valence-corrected chi connectivity index (χ0v) is 16.8. The largest absolute Gasteiger partial charge is 0.354 e. The van der Waals surface area contributed by atoms with Gasteiger partial charge in [0.25, 0.3) is 0 Å². The smallest absolute Gasteiger partial charge is 0.0497 e. The number of unbranched alkanes of at least 4 members (excludes halogenated alkanes) is 1. The van der Waals surface area contributed by atoms with E-state index in [4.69, 9.17) is 5.73 Å². The Kier molecular flexibility index (Phi) is 5.42. The molecule has 0 saturated carbocycles. The molecule has 3 N–H and O–H groups in total. The Bertz CT molecular complexity index is 1030. The fraction of sp³-hybridized carbons (Fsp3) is 0.167. The highest BCUT2D eigenvalue weighted by Gasteiger charge is 2.14. The van der Waals surface area contributed by atoms with Crippen molar-refractivity contribution in [2.24, 2.45) is 5.73 Å². The van der Waals surface area contributed by atoms with Gasteiger partial charge in [0.05, 0.1) is 0 Å². The molecule has 0 aliphatic rings. The van der Waals surface area contributed by atoms with Crippen LogP contribution >= 0.6 is 15.9 Å². The average molecular weight is 419 g/mol. The summed E-state index contributed by atoms with van der Waals surface area (Å²) in [5, 5.41) is 1.31. The maximum Gasteiger partial charge on any atom is 0.0497 e. The van der Waals surface area contributed by atoms with Crippen LogP contribution < -0.4 is 5.73 Å². The molecule has 0 atom stereocenters. The second kappa shape index (κ2) is 8.12. The monoisotopic (exact) mass is 418 g/mol. The maximum atomic E-state index is 5.73. The number of nitrogens with one attached hydrogen (secondary N) is 1. The van der Waals surface area contributed by atoms with E-state index in [1.807, 2.05) is 0 Å².